The molecular formula is C19H19NO4. The van der Waals surface area contributed by atoms with Gasteiger partial charge in [0.1, 0.15) is 11.3 Å². The highest BCUT2D eigenvalue weighted by atomic mass is 16.5. The summed E-state index contributed by atoms with van der Waals surface area (Å²) >= 11 is 0. The first-order valence-corrected chi connectivity index (χ1v) is 7.81. The van der Waals surface area contributed by atoms with E-state index in [0.29, 0.717) is 24.2 Å². The van der Waals surface area contributed by atoms with E-state index in [-0.39, 0.29) is 12.3 Å². The monoisotopic (exact) mass is 325 g/mol. The van der Waals surface area contributed by atoms with Crippen LogP contribution < -0.4 is 10.1 Å². The fraction of sp³-hybridized carbons (Fsp3) is 0.263. The molecule has 1 atom stereocenters. The maximum atomic E-state index is 12.5. The van der Waals surface area contributed by atoms with E-state index in [9.17, 15) is 14.7 Å². The summed E-state index contributed by atoms with van der Waals surface area (Å²) in [6.45, 7) is 0. The van der Waals surface area contributed by atoms with Crippen molar-refractivity contribution in [2.24, 2.45) is 0 Å². The van der Waals surface area contributed by atoms with Crippen LogP contribution in [0.2, 0.25) is 0 Å². The molecule has 0 aromatic heterocycles. The molecular weight excluding hydrogens is 306 g/mol. The SMILES string of the molecule is COc1cccc2c1C[C@@](NC(=O)c1ccccc1)(C(=O)O)CC2. The van der Waals surface area contributed by atoms with Gasteiger partial charge in [0.15, 0.2) is 0 Å². The number of aryl methyl sites for hydroxylation is 1. The second-order valence-corrected chi connectivity index (χ2v) is 5.98. The third kappa shape index (κ3) is 2.85. The number of carboxylic acids is 1. The highest BCUT2D eigenvalue weighted by molar-refractivity contribution is 5.98. The van der Waals surface area contributed by atoms with Gasteiger partial charge in [0.2, 0.25) is 0 Å². The fourth-order valence-electron chi connectivity index (χ4n) is 3.20. The summed E-state index contributed by atoms with van der Waals surface area (Å²) in [5, 5.41) is 12.6. The van der Waals surface area contributed by atoms with Crippen LogP contribution in [0.3, 0.4) is 0 Å². The fourth-order valence-corrected chi connectivity index (χ4v) is 3.20. The second kappa shape index (κ2) is 6.35. The van der Waals surface area contributed by atoms with Crippen molar-refractivity contribution >= 4 is 11.9 Å². The molecule has 1 aliphatic carbocycles. The number of hydrogen-bond acceptors (Lipinski definition) is 3. The van der Waals surface area contributed by atoms with Gasteiger partial charge in [0, 0.05) is 17.5 Å². The summed E-state index contributed by atoms with van der Waals surface area (Å²) in [6.07, 6.45) is 1.13. The van der Waals surface area contributed by atoms with E-state index in [1.165, 1.54) is 0 Å². The highest BCUT2D eigenvalue weighted by Gasteiger charge is 2.43. The van der Waals surface area contributed by atoms with Crippen LogP contribution in [0.4, 0.5) is 0 Å². The number of carbonyl (C=O) groups excluding carboxylic acids is 1. The number of hydrogen-bond donors (Lipinski definition) is 2. The van der Waals surface area contributed by atoms with Crippen molar-refractivity contribution in [3.63, 3.8) is 0 Å². The molecule has 24 heavy (non-hydrogen) atoms. The summed E-state index contributed by atoms with van der Waals surface area (Å²) in [7, 11) is 1.56. The van der Waals surface area contributed by atoms with Crippen molar-refractivity contribution in [2.45, 2.75) is 24.8 Å². The normalized spacial score (nSPS) is 19.2. The molecule has 0 aliphatic heterocycles. The van der Waals surface area contributed by atoms with Gasteiger partial charge in [-0.2, -0.15) is 0 Å². The maximum Gasteiger partial charge on any atom is 0.329 e. The van der Waals surface area contributed by atoms with E-state index in [1.807, 2.05) is 24.3 Å². The van der Waals surface area contributed by atoms with Crippen molar-refractivity contribution in [3.05, 3.63) is 65.2 Å². The smallest absolute Gasteiger partial charge is 0.329 e. The Morgan fingerprint density at radius 3 is 2.54 bits per heavy atom. The van der Waals surface area contributed by atoms with Gasteiger partial charge in [-0.25, -0.2) is 4.79 Å². The summed E-state index contributed by atoms with van der Waals surface area (Å²) in [5.41, 5.74) is 1.04. The van der Waals surface area contributed by atoms with Crippen LogP contribution in [0, 0.1) is 0 Å². The lowest BCUT2D eigenvalue weighted by molar-refractivity contribution is -0.145. The number of ether oxygens (including phenoxy) is 1. The lowest BCUT2D eigenvalue weighted by Crippen LogP contribution is -2.57. The number of carbonyl (C=O) groups is 2. The van der Waals surface area contributed by atoms with Gasteiger partial charge >= 0.3 is 5.97 Å². The van der Waals surface area contributed by atoms with Crippen molar-refractivity contribution in [2.75, 3.05) is 7.11 Å². The zero-order valence-corrected chi connectivity index (χ0v) is 13.4. The first-order chi connectivity index (χ1) is 11.6. The van der Waals surface area contributed by atoms with Crippen LogP contribution in [0.15, 0.2) is 48.5 Å². The molecule has 0 saturated carbocycles. The number of benzene rings is 2. The van der Waals surface area contributed by atoms with Gasteiger partial charge in [-0.15, -0.1) is 0 Å². The molecule has 0 radical (unpaired) electrons. The van der Waals surface area contributed by atoms with Crippen molar-refractivity contribution in [3.8, 4) is 5.75 Å². The summed E-state index contributed by atoms with van der Waals surface area (Å²) < 4.78 is 5.37. The summed E-state index contributed by atoms with van der Waals surface area (Å²) in [5.74, 6) is -0.744. The molecule has 0 bridgehead atoms. The minimum atomic E-state index is -1.32. The minimum Gasteiger partial charge on any atom is -0.496 e. The highest BCUT2D eigenvalue weighted by Crippen LogP contribution is 2.35. The number of nitrogens with one attached hydrogen (secondary N) is 1. The summed E-state index contributed by atoms with van der Waals surface area (Å²) in [4.78, 5) is 24.5. The molecule has 2 aromatic rings. The van der Waals surface area contributed by atoms with E-state index >= 15 is 0 Å². The second-order valence-electron chi connectivity index (χ2n) is 5.98. The Hall–Kier alpha value is -2.82. The van der Waals surface area contributed by atoms with Gasteiger partial charge < -0.3 is 15.2 Å². The number of amides is 1. The number of methoxy groups -OCH3 is 1. The lowest BCUT2D eigenvalue weighted by Gasteiger charge is -2.35. The molecule has 5 nitrogen and oxygen atoms in total. The molecule has 1 aliphatic rings. The van der Waals surface area contributed by atoms with Crippen molar-refractivity contribution in [1.82, 2.24) is 5.32 Å². The van der Waals surface area contributed by atoms with Crippen LogP contribution in [0.5, 0.6) is 5.75 Å². The lowest BCUT2D eigenvalue weighted by atomic mass is 9.77. The largest absolute Gasteiger partial charge is 0.496 e. The predicted octanol–water partition coefficient (Wildman–Crippen LogP) is 2.44. The zero-order valence-electron chi connectivity index (χ0n) is 13.4. The predicted molar refractivity (Wildman–Crippen MR) is 89.3 cm³/mol. The standard InChI is InChI=1S/C19H19NO4/c1-24-16-9-5-8-13-10-11-19(18(22)23,12-15(13)16)20-17(21)14-6-3-2-4-7-14/h2-9H,10-12H2,1H3,(H,20,21)(H,22,23)/t19-/m1/s1. The molecule has 0 heterocycles. The molecule has 0 spiro atoms. The molecule has 5 heteroatoms. The molecule has 0 unspecified atom stereocenters. The van der Waals surface area contributed by atoms with E-state index < -0.39 is 11.5 Å². The third-order valence-electron chi connectivity index (χ3n) is 4.55. The van der Waals surface area contributed by atoms with Gasteiger partial charge in [0.25, 0.3) is 5.91 Å². The van der Waals surface area contributed by atoms with E-state index in [2.05, 4.69) is 5.32 Å². The first kappa shape index (κ1) is 16.1. The Balaban J connectivity index is 1.93. The number of carboxylic acid groups (broad SMARTS) is 1. The Kier molecular flexibility index (Phi) is 4.25. The molecule has 124 valence electrons. The number of rotatable bonds is 4. The third-order valence-corrected chi connectivity index (χ3v) is 4.55. The van der Waals surface area contributed by atoms with Gasteiger partial charge in [0.05, 0.1) is 7.11 Å². The first-order valence-electron chi connectivity index (χ1n) is 7.81. The Bertz CT molecular complexity index is 758. The van der Waals surface area contributed by atoms with Crippen molar-refractivity contribution in [1.29, 1.82) is 0 Å². The van der Waals surface area contributed by atoms with E-state index in [1.54, 1.807) is 31.4 Å². The molecule has 3 rings (SSSR count). The Morgan fingerprint density at radius 1 is 1.12 bits per heavy atom. The van der Waals surface area contributed by atoms with E-state index in [4.69, 9.17) is 4.74 Å². The Morgan fingerprint density at radius 2 is 1.88 bits per heavy atom. The molecule has 0 saturated heterocycles. The van der Waals surface area contributed by atoms with Crippen LogP contribution in [0.25, 0.3) is 0 Å². The van der Waals surface area contributed by atoms with Gasteiger partial charge in [-0.1, -0.05) is 30.3 Å². The van der Waals surface area contributed by atoms with Gasteiger partial charge in [-0.05, 0) is 36.6 Å². The summed E-state index contributed by atoms with van der Waals surface area (Å²) in [6, 6.07) is 14.3. The maximum absolute atomic E-state index is 12.5. The van der Waals surface area contributed by atoms with Crippen LogP contribution in [-0.4, -0.2) is 29.6 Å². The molecule has 0 fully saturated rings. The van der Waals surface area contributed by atoms with Crippen LogP contribution in [0.1, 0.15) is 27.9 Å². The average Bonchev–Trinajstić information content (AvgIpc) is 2.61. The number of fused-ring (bicyclic) bond motifs is 1. The van der Waals surface area contributed by atoms with Crippen molar-refractivity contribution < 1.29 is 19.4 Å². The topological polar surface area (TPSA) is 75.6 Å². The average molecular weight is 325 g/mol. The van der Waals surface area contributed by atoms with E-state index in [0.717, 1.165) is 11.1 Å². The van der Waals surface area contributed by atoms with Gasteiger partial charge in [-0.3, -0.25) is 4.79 Å². The minimum absolute atomic E-state index is 0.209. The number of aliphatic carboxylic acids is 1. The zero-order chi connectivity index (χ0) is 17.2. The Labute approximate surface area is 140 Å². The molecule has 2 aromatic carbocycles. The van der Waals surface area contributed by atoms with Crippen LogP contribution in [-0.2, 0) is 17.6 Å². The molecule has 1 amide bonds. The molecule has 2 N–H and O–H groups in total. The quantitative estimate of drug-likeness (QED) is 0.905. The van der Waals surface area contributed by atoms with Crippen LogP contribution >= 0.6 is 0 Å².